The second-order valence-electron chi connectivity index (χ2n) is 7.12. The number of nitrogens with zero attached hydrogens (tertiary/aromatic N) is 2. The number of carbonyl (C=O) groups is 2. The van der Waals surface area contributed by atoms with Crippen molar-refractivity contribution in [2.45, 2.75) is 17.7 Å². The van der Waals surface area contributed by atoms with Gasteiger partial charge in [-0.05, 0) is 36.1 Å². The summed E-state index contributed by atoms with van der Waals surface area (Å²) >= 11 is 2.81. The summed E-state index contributed by atoms with van der Waals surface area (Å²) in [5, 5.41) is 4.39. The fourth-order valence-corrected chi connectivity index (χ4v) is 7.53. The number of hydrogen-bond donors (Lipinski definition) is 1. The highest BCUT2D eigenvalue weighted by Crippen LogP contribution is 2.35. The summed E-state index contributed by atoms with van der Waals surface area (Å²) in [6.07, 6.45) is 1.25. The molecule has 2 aliphatic heterocycles. The van der Waals surface area contributed by atoms with Crippen molar-refractivity contribution in [2.75, 3.05) is 48.5 Å². The van der Waals surface area contributed by atoms with Gasteiger partial charge in [-0.25, -0.2) is 8.42 Å². The second kappa shape index (κ2) is 9.19. The molecule has 0 radical (unpaired) electrons. The molecule has 3 heterocycles. The number of thiophene rings is 1. The summed E-state index contributed by atoms with van der Waals surface area (Å²) in [4.78, 5) is 27.0. The Morgan fingerprint density at radius 1 is 1.16 bits per heavy atom. The van der Waals surface area contributed by atoms with E-state index < -0.39 is 15.9 Å². The maximum absolute atomic E-state index is 13.1. The smallest absolute Gasteiger partial charge is 0.267 e. The van der Waals surface area contributed by atoms with Crippen molar-refractivity contribution in [2.24, 2.45) is 0 Å². The molecule has 0 aliphatic carbocycles. The number of ether oxygens (including phenoxy) is 1. The number of amides is 2. The quantitative estimate of drug-likeness (QED) is 0.682. The van der Waals surface area contributed by atoms with Gasteiger partial charge in [0.15, 0.2) is 0 Å². The molecule has 8 nitrogen and oxygen atoms in total. The molecule has 0 atom stereocenters. The summed E-state index contributed by atoms with van der Waals surface area (Å²) < 4.78 is 32.9. The maximum atomic E-state index is 13.1. The van der Waals surface area contributed by atoms with Crippen molar-refractivity contribution in [3.63, 3.8) is 0 Å². The van der Waals surface area contributed by atoms with Crippen LogP contribution in [0.5, 0.6) is 5.75 Å². The first-order chi connectivity index (χ1) is 14.9. The highest BCUT2D eigenvalue weighted by molar-refractivity contribution is 7.99. The Labute approximate surface area is 189 Å². The van der Waals surface area contributed by atoms with Gasteiger partial charge in [0.1, 0.15) is 15.5 Å². The molecule has 2 aliphatic rings. The number of sulfonamides is 1. The van der Waals surface area contributed by atoms with Crippen LogP contribution in [0.4, 0.5) is 11.4 Å². The Balaban J connectivity index is 1.59. The lowest BCUT2D eigenvalue weighted by Crippen LogP contribution is -2.38. The molecule has 0 unspecified atom stereocenters. The molecular formula is C20H23N3O5S3. The molecule has 31 heavy (non-hydrogen) atoms. The third-order valence-electron chi connectivity index (χ3n) is 5.22. The van der Waals surface area contributed by atoms with Crippen LogP contribution in [0.15, 0.2) is 34.5 Å². The molecule has 166 valence electrons. The number of benzene rings is 1. The van der Waals surface area contributed by atoms with E-state index in [1.54, 1.807) is 40.2 Å². The fourth-order valence-electron chi connectivity index (χ4n) is 3.66. The van der Waals surface area contributed by atoms with Crippen molar-refractivity contribution >= 4 is 56.3 Å². The zero-order valence-electron chi connectivity index (χ0n) is 17.0. The fraction of sp³-hybridized carbons (Fsp3) is 0.400. The standard InChI is InChI=1S/C20H23N3O5S3/c1-28-16-5-4-14(13-15(16)23-7-2-3-18(23)24)21-20(25)19-17(6-10-30-19)31(26,27)22-8-11-29-12-9-22/h4-6,10,13H,2-3,7-9,11-12H2,1H3,(H,21,25). The first kappa shape index (κ1) is 22.1. The molecule has 4 rings (SSSR count). The van der Waals surface area contributed by atoms with E-state index in [0.29, 0.717) is 43.2 Å². The normalized spacial score (nSPS) is 17.7. The summed E-state index contributed by atoms with van der Waals surface area (Å²) in [5.41, 5.74) is 1.05. The highest BCUT2D eigenvalue weighted by Gasteiger charge is 2.31. The van der Waals surface area contributed by atoms with E-state index in [4.69, 9.17) is 4.74 Å². The van der Waals surface area contributed by atoms with Crippen LogP contribution in [-0.4, -0.2) is 62.8 Å². The molecular weight excluding hydrogens is 458 g/mol. The Morgan fingerprint density at radius 2 is 1.94 bits per heavy atom. The lowest BCUT2D eigenvalue weighted by Gasteiger charge is -2.25. The first-order valence-corrected chi connectivity index (χ1v) is 13.3. The lowest BCUT2D eigenvalue weighted by molar-refractivity contribution is -0.117. The first-order valence-electron chi connectivity index (χ1n) is 9.87. The predicted octanol–water partition coefficient (Wildman–Crippen LogP) is 2.87. The van der Waals surface area contributed by atoms with Crippen LogP contribution in [0, 0.1) is 0 Å². The molecule has 1 aromatic carbocycles. The third kappa shape index (κ3) is 4.45. The number of carbonyl (C=O) groups excluding carboxylic acids is 2. The van der Waals surface area contributed by atoms with Crippen LogP contribution in [0.1, 0.15) is 22.5 Å². The Morgan fingerprint density at radius 3 is 2.61 bits per heavy atom. The van der Waals surface area contributed by atoms with Crippen LogP contribution < -0.4 is 15.0 Å². The van der Waals surface area contributed by atoms with Crippen LogP contribution >= 0.6 is 23.1 Å². The maximum Gasteiger partial charge on any atom is 0.267 e. The molecule has 0 bridgehead atoms. The van der Waals surface area contributed by atoms with E-state index >= 15 is 0 Å². The molecule has 0 spiro atoms. The van der Waals surface area contributed by atoms with Crippen LogP contribution in [0.3, 0.4) is 0 Å². The van der Waals surface area contributed by atoms with Gasteiger partial charge in [0.05, 0.1) is 12.8 Å². The summed E-state index contributed by atoms with van der Waals surface area (Å²) in [7, 11) is -2.20. The van der Waals surface area contributed by atoms with E-state index in [2.05, 4.69) is 5.32 Å². The molecule has 1 aromatic heterocycles. The Kier molecular flexibility index (Phi) is 6.56. The molecule has 2 amide bonds. The van der Waals surface area contributed by atoms with Gasteiger partial charge in [0.25, 0.3) is 5.91 Å². The Hall–Kier alpha value is -2.08. The molecule has 0 saturated carbocycles. The number of methoxy groups -OCH3 is 1. The van der Waals surface area contributed by atoms with E-state index in [1.165, 1.54) is 17.5 Å². The average molecular weight is 482 g/mol. The predicted molar refractivity (Wildman–Crippen MR) is 123 cm³/mol. The van der Waals surface area contributed by atoms with E-state index in [0.717, 1.165) is 29.3 Å². The van der Waals surface area contributed by atoms with Crippen LogP contribution in [-0.2, 0) is 14.8 Å². The van der Waals surface area contributed by atoms with Gasteiger partial charge in [-0.15, -0.1) is 11.3 Å². The number of anilines is 2. The van der Waals surface area contributed by atoms with E-state index in [-0.39, 0.29) is 15.7 Å². The Bertz CT molecular complexity index is 1090. The van der Waals surface area contributed by atoms with Crippen molar-refractivity contribution in [1.29, 1.82) is 0 Å². The minimum atomic E-state index is -3.73. The lowest BCUT2D eigenvalue weighted by atomic mass is 10.2. The minimum Gasteiger partial charge on any atom is -0.495 e. The van der Waals surface area contributed by atoms with Gasteiger partial charge < -0.3 is 15.0 Å². The highest BCUT2D eigenvalue weighted by atomic mass is 32.2. The van der Waals surface area contributed by atoms with Crippen molar-refractivity contribution < 1.29 is 22.7 Å². The molecule has 1 N–H and O–H groups in total. The van der Waals surface area contributed by atoms with Crippen LogP contribution in [0.2, 0.25) is 0 Å². The van der Waals surface area contributed by atoms with Crippen molar-refractivity contribution in [3.8, 4) is 5.75 Å². The van der Waals surface area contributed by atoms with Crippen molar-refractivity contribution in [1.82, 2.24) is 4.31 Å². The minimum absolute atomic E-state index is 0.00751. The summed E-state index contributed by atoms with van der Waals surface area (Å²) in [6, 6.07) is 6.53. The molecule has 11 heteroatoms. The SMILES string of the molecule is COc1ccc(NC(=O)c2sccc2S(=O)(=O)N2CCSCC2)cc1N1CCCC1=O. The average Bonchev–Trinajstić information content (AvgIpc) is 3.44. The van der Waals surface area contributed by atoms with E-state index in [1.807, 2.05) is 0 Å². The second-order valence-corrected chi connectivity index (χ2v) is 11.2. The van der Waals surface area contributed by atoms with Gasteiger partial charge >= 0.3 is 0 Å². The summed E-state index contributed by atoms with van der Waals surface area (Å²) in [6.45, 7) is 1.47. The van der Waals surface area contributed by atoms with Crippen molar-refractivity contribution in [3.05, 3.63) is 34.5 Å². The van der Waals surface area contributed by atoms with E-state index in [9.17, 15) is 18.0 Å². The van der Waals surface area contributed by atoms with Crippen LogP contribution in [0.25, 0.3) is 0 Å². The molecule has 2 aromatic rings. The van der Waals surface area contributed by atoms with Gasteiger partial charge in [0, 0.05) is 43.2 Å². The largest absolute Gasteiger partial charge is 0.495 e. The van der Waals surface area contributed by atoms with Gasteiger partial charge in [-0.2, -0.15) is 16.1 Å². The topological polar surface area (TPSA) is 96.0 Å². The van der Waals surface area contributed by atoms with Gasteiger partial charge in [-0.3, -0.25) is 9.59 Å². The third-order valence-corrected chi connectivity index (χ3v) is 9.15. The van der Waals surface area contributed by atoms with Gasteiger partial charge in [-0.1, -0.05) is 0 Å². The zero-order chi connectivity index (χ0) is 22.0. The zero-order valence-corrected chi connectivity index (χ0v) is 19.4. The number of rotatable bonds is 6. The number of thioether (sulfide) groups is 1. The van der Waals surface area contributed by atoms with Gasteiger partial charge in [0.2, 0.25) is 15.9 Å². The number of nitrogens with one attached hydrogen (secondary N) is 1. The molecule has 2 fully saturated rings. The monoisotopic (exact) mass is 481 g/mol. The number of hydrogen-bond acceptors (Lipinski definition) is 7. The summed E-state index contributed by atoms with van der Waals surface area (Å²) in [5.74, 6) is 1.54. The molecule has 2 saturated heterocycles.